The van der Waals surface area contributed by atoms with E-state index in [-0.39, 0.29) is 82.8 Å². The van der Waals surface area contributed by atoms with Gasteiger partial charge in [-0.25, -0.2) is 4.79 Å². The van der Waals surface area contributed by atoms with Crippen LogP contribution in [0.1, 0.15) is 86.0 Å². The fourth-order valence-electron chi connectivity index (χ4n) is 9.33. The number of oxime groups is 1. The van der Waals surface area contributed by atoms with Crippen molar-refractivity contribution in [2.75, 3.05) is 65.3 Å². The van der Waals surface area contributed by atoms with E-state index in [9.17, 15) is 24.9 Å². The zero-order valence-corrected chi connectivity index (χ0v) is 35.6. The number of aldehydes is 1. The van der Waals surface area contributed by atoms with E-state index < -0.39 is 30.1 Å². The Balaban J connectivity index is 1.57. The molecule has 0 radical (unpaired) electrons. The van der Waals surface area contributed by atoms with E-state index in [0.717, 1.165) is 55.9 Å². The first-order valence-corrected chi connectivity index (χ1v) is 22.2. The largest absolute Gasteiger partial charge is 0.459 e. The predicted octanol–water partition coefficient (Wildman–Crippen LogP) is 7.14. The summed E-state index contributed by atoms with van der Waals surface area (Å²) in [7, 11) is 0. The summed E-state index contributed by atoms with van der Waals surface area (Å²) < 4.78 is 38.1. The number of nitrogens with zero attached hydrogens (tertiary/aromatic N) is 2. The number of alkyl halides is 1. The molecule has 1 saturated carbocycles. The molecule has 2 aliphatic carbocycles. The summed E-state index contributed by atoms with van der Waals surface area (Å²) in [5.41, 5.74) is 2.84. The number of fused-ring (bicyclic) bond motifs is 2. The molecule has 2 aliphatic heterocycles. The van der Waals surface area contributed by atoms with Gasteiger partial charge in [-0.2, -0.15) is 0 Å². The first kappa shape index (κ1) is 46.5. The number of rotatable bonds is 24. The van der Waals surface area contributed by atoms with Crippen LogP contribution < -0.4 is 9.47 Å². The molecule has 1 unspecified atom stereocenters. The normalized spacial score (nSPS) is 26.0. The molecule has 14 nitrogen and oxygen atoms in total. The maximum absolute atomic E-state index is 14.3. The molecule has 2 aromatic rings. The molecule has 334 valence electrons. The minimum atomic E-state index is -1.53. The van der Waals surface area contributed by atoms with E-state index in [1.807, 2.05) is 18.2 Å². The highest BCUT2D eigenvalue weighted by atomic mass is 35.5. The van der Waals surface area contributed by atoms with E-state index >= 15 is 0 Å². The molecular formula is C46H61ClN2O12. The molecule has 61 heavy (non-hydrogen) atoms. The Labute approximate surface area is 363 Å². The quantitative estimate of drug-likeness (QED) is 0.0321. The molecule has 2 aromatic carbocycles. The Morgan fingerprint density at radius 3 is 2.56 bits per heavy atom. The Morgan fingerprint density at radius 2 is 1.82 bits per heavy atom. The summed E-state index contributed by atoms with van der Waals surface area (Å²) in [6.07, 6.45) is 10.6. The number of allylic oxidation sites excluding steroid dienone is 1. The lowest BCUT2D eigenvalue weighted by atomic mass is 9.55. The minimum Gasteiger partial charge on any atom is -0.459 e. The van der Waals surface area contributed by atoms with Gasteiger partial charge < -0.3 is 48.6 Å². The highest BCUT2D eigenvalue weighted by Gasteiger charge is 2.65. The number of aliphatic hydroxyl groups excluding tert-OH is 3. The van der Waals surface area contributed by atoms with Crippen molar-refractivity contribution in [3.05, 3.63) is 77.9 Å². The maximum atomic E-state index is 14.3. The molecule has 0 bridgehead atoms. The van der Waals surface area contributed by atoms with Crippen LogP contribution in [-0.2, 0) is 23.8 Å². The van der Waals surface area contributed by atoms with E-state index in [2.05, 4.69) is 12.7 Å². The van der Waals surface area contributed by atoms with Gasteiger partial charge in [0.1, 0.15) is 36.2 Å². The zero-order valence-electron chi connectivity index (χ0n) is 34.9. The van der Waals surface area contributed by atoms with Gasteiger partial charge in [-0.15, -0.1) is 18.2 Å². The lowest BCUT2D eigenvalue weighted by molar-refractivity contribution is -0.256. The number of halogens is 1. The number of carbonyl (C=O) groups excluding carboxylic acids is 2. The van der Waals surface area contributed by atoms with Crippen LogP contribution in [-0.4, -0.2) is 122 Å². The van der Waals surface area contributed by atoms with Gasteiger partial charge in [0, 0.05) is 49.6 Å². The van der Waals surface area contributed by atoms with Crippen molar-refractivity contribution in [2.45, 2.75) is 88.2 Å². The van der Waals surface area contributed by atoms with Gasteiger partial charge in [0.15, 0.2) is 0 Å². The fourth-order valence-corrected chi connectivity index (χ4v) is 9.41. The highest BCUT2D eigenvalue weighted by molar-refractivity contribution is 6.18. The zero-order chi connectivity index (χ0) is 43.0. The van der Waals surface area contributed by atoms with Crippen LogP contribution in [0.2, 0.25) is 0 Å². The number of carbonyl (C=O) groups is 2. The minimum absolute atomic E-state index is 0.0164. The summed E-state index contributed by atoms with van der Waals surface area (Å²) in [6, 6.07) is 11.7. The van der Waals surface area contributed by atoms with E-state index in [0.29, 0.717) is 54.4 Å². The Morgan fingerprint density at radius 1 is 1.00 bits per heavy atom. The highest BCUT2D eigenvalue weighted by Crippen LogP contribution is 2.62. The molecule has 1 amide bonds. The molecule has 1 saturated heterocycles. The molecule has 2 heterocycles. The average molecular weight is 869 g/mol. The van der Waals surface area contributed by atoms with E-state index in [4.69, 9.17) is 50.0 Å². The molecule has 15 heteroatoms. The van der Waals surface area contributed by atoms with Gasteiger partial charge in [0.2, 0.25) is 12.1 Å². The summed E-state index contributed by atoms with van der Waals surface area (Å²) in [5.74, 6) is -0.734. The summed E-state index contributed by atoms with van der Waals surface area (Å²) in [4.78, 5) is 33.7. The van der Waals surface area contributed by atoms with Crippen molar-refractivity contribution in [1.29, 1.82) is 0 Å². The molecule has 6 rings (SSSR count). The second kappa shape index (κ2) is 23.4. The summed E-state index contributed by atoms with van der Waals surface area (Å²) in [6.45, 7) is 4.77. The van der Waals surface area contributed by atoms with Crippen molar-refractivity contribution in [3.8, 4) is 17.2 Å². The van der Waals surface area contributed by atoms with E-state index in [1.54, 1.807) is 35.2 Å². The van der Waals surface area contributed by atoms with Crippen molar-refractivity contribution < 1.29 is 58.2 Å². The first-order valence-electron chi connectivity index (χ1n) is 21.7. The smallest absolute Gasteiger partial charge is 0.410 e. The van der Waals surface area contributed by atoms with Crippen LogP contribution in [0.5, 0.6) is 17.2 Å². The molecule has 0 spiro atoms. The van der Waals surface area contributed by atoms with Crippen molar-refractivity contribution in [1.82, 2.24) is 4.90 Å². The number of ether oxygens (including phenoxy) is 6. The summed E-state index contributed by atoms with van der Waals surface area (Å²) >= 11 is 6.03. The van der Waals surface area contributed by atoms with Crippen LogP contribution in [0, 0.1) is 17.8 Å². The fraction of sp³-hybridized carbons (Fsp3) is 0.587. The molecular weight excluding hydrogens is 808 g/mol. The number of unbranched alkanes of at least 4 members (excludes halogenated alkanes) is 2. The van der Waals surface area contributed by atoms with Gasteiger partial charge in [-0.1, -0.05) is 42.3 Å². The number of hydrogen-bond acceptors (Lipinski definition) is 13. The first-order chi connectivity index (χ1) is 29.9. The van der Waals surface area contributed by atoms with Gasteiger partial charge >= 0.3 is 6.09 Å². The molecule has 4 aliphatic rings. The van der Waals surface area contributed by atoms with Crippen LogP contribution in [0.25, 0.3) is 0 Å². The molecule has 0 aromatic heterocycles. The van der Waals surface area contributed by atoms with Crippen molar-refractivity contribution >= 4 is 29.7 Å². The third-order valence-electron chi connectivity index (χ3n) is 11.9. The number of amides is 1. The van der Waals surface area contributed by atoms with Crippen LogP contribution >= 0.6 is 11.6 Å². The second-order valence-corrected chi connectivity index (χ2v) is 16.2. The number of benzene rings is 2. The maximum Gasteiger partial charge on any atom is 0.410 e. The third kappa shape index (κ3) is 11.3. The van der Waals surface area contributed by atoms with Gasteiger partial charge in [0.25, 0.3) is 0 Å². The van der Waals surface area contributed by atoms with Crippen LogP contribution in [0.15, 0.2) is 71.9 Å². The lowest BCUT2D eigenvalue weighted by Crippen LogP contribution is -2.70. The number of aliphatic hydroxyl groups is 3. The second-order valence-electron chi connectivity index (χ2n) is 15.8. The molecule has 7 atom stereocenters. The monoisotopic (exact) mass is 868 g/mol. The lowest BCUT2D eigenvalue weighted by Gasteiger charge is -2.59. The SMILES string of the molecule is C=CCO[C@@]12Oc3ccc(Oc4cccc(C=O)c4)cc3[C@H]3[C@H](CCCCO)[C@@H](CCCCO)C=C(C(=NOC4CCCCO4)C[C@@H]1N(CCOCCO)C(=O)OCCCl)[C@H]32. The van der Waals surface area contributed by atoms with Crippen molar-refractivity contribution in [3.63, 3.8) is 0 Å². The topological polar surface area (TPSA) is 175 Å². The Hall–Kier alpha value is -4.02. The van der Waals surface area contributed by atoms with Crippen molar-refractivity contribution in [2.24, 2.45) is 22.9 Å². The van der Waals surface area contributed by atoms with Gasteiger partial charge in [0.05, 0.1) is 50.5 Å². The Bertz CT molecular complexity index is 1800. The molecule has 3 N–H and O–H groups in total. The van der Waals surface area contributed by atoms with Crippen LogP contribution in [0.3, 0.4) is 0 Å². The predicted molar refractivity (Wildman–Crippen MR) is 228 cm³/mol. The number of hydrogen-bond donors (Lipinski definition) is 3. The molecule has 2 fully saturated rings. The van der Waals surface area contributed by atoms with Gasteiger partial charge in [-0.05, 0) is 86.3 Å². The van der Waals surface area contributed by atoms with Crippen LogP contribution in [0.4, 0.5) is 4.79 Å². The summed E-state index contributed by atoms with van der Waals surface area (Å²) in [5, 5.41) is 34.2. The standard InChI is InChI=1S/C46H61ClN2O12/c1-2-22-58-46-41(49(18-25-55-26-21-52)45(54)57-24-17-47)30-39(48-61-42-14-5-8-23-56-42)37-28-33(11-3-6-19-50)36(13-4-7-20-51)43(44(37)46)38-29-35(15-16-40(38)60-46)59-34-12-9-10-32(27-34)31-53/h2,9-10,12,15-16,27-29,31,33,36,41-44,50-52H,1,3-8,11,13-14,17-26,30H2/t33-,36+,41-,42?,43+,44+,46+/m0/s1. The average Bonchev–Trinajstić information content (AvgIpc) is 3.28. The van der Waals surface area contributed by atoms with Gasteiger partial charge in [-0.3, -0.25) is 9.69 Å². The Kier molecular flexibility index (Phi) is 17.9. The third-order valence-corrected chi connectivity index (χ3v) is 12.1. The van der Waals surface area contributed by atoms with E-state index in [1.165, 1.54) is 0 Å².